The lowest BCUT2D eigenvalue weighted by Crippen LogP contribution is -2.02. The number of fused-ring (bicyclic) bond motifs is 1. The molecular weight excluding hydrogens is 475 g/mol. The third-order valence-corrected chi connectivity index (χ3v) is 4.98. The maximum Gasteiger partial charge on any atom is 0.143 e. The fraction of sp³-hybridized carbons (Fsp3) is 0.360. The number of phenolic OH excluding ortho intramolecular Hbond substituents is 1. The van der Waals surface area contributed by atoms with Gasteiger partial charge in [0, 0.05) is 12.7 Å². The van der Waals surface area contributed by atoms with Crippen LogP contribution in [0.15, 0.2) is 41.7 Å². The molecule has 10 heteroatoms. The molecule has 1 unspecified atom stereocenters. The molecule has 0 spiro atoms. The number of rotatable bonds is 5. The lowest BCUT2D eigenvalue weighted by molar-refractivity contribution is -0.0980. The van der Waals surface area contributed by atoms with E-state index in [-0.39, 0.29) is 11.9 Å². The zero-order valence-electron chi connectivity index (χ0n) is 20.0. The van der Waals surface area contributed by atoms with E-state index in [1.807, 2.05) is 6.79 Å². The highest BCUT2D eigenvalue weighted by Crippen LogP contribution is 2.35. The van der Waals surface area contributed by atoms with Crippen LogP contribution in [-0.2, 0) is 9.53 Å². The highest BCUT2D eigenvalue weighted by atomic mass is 35.5. The number of anilines is 2. The Kier molecular flexibility index (Phi) is 14.1. The molecule has 3 N–H and O–H groups in total. The molecule has 0 bridgehead atoms. The summed E-state index contributed by atoms with van der Waals surface area (Å²) in [5.41, 5.74) is 1.48. The Balaban J connectivity index is 0.000000388. The van der Waals surface area contributed by atoms with Crippen LogP contribution in [0.2, 0.25) is 5.02 Å². The van der Waals surface area contributed by atoms with Crippen molar-refractivity contribution in [2.45, 2.75) is 45.6 Å². The minimum atomic E-state index is -0.532. The van der Waals surface area contributed by atoms with Crippen molar-refractivity contribution in [2.24, 2.45) is 4.99 Å². The SMILES string of the molecule is C=Nc1cc(Cl)c2c(Nc3ccc(F)cc3O)ncnc2c1.C=O.CCCCC.OC1CCOC1. The summed E-state index contributed by atoms with van der Waals surface area (Å²) in [6, 6.07) is 6.99. The third kappa shape index (κ3) is 9.94. The number of aliphatic hydroxyl groups excluding tert-OH is 1. The summed E-state index contributed by atoms with van der Waals surface area (Å²) in [5, 5.41) is 22.3. The van der Waals surface area contributed by atoms with Crippen LogP contribution in [0.4, 0.5) is 21.6 Å². The topological polar surface area (TPSA) is 117 Å². The van der Waals surface area contributed by atoms with Gasteiger partial charge in [-0.1, -0.05) is 44.7 Å². The Morgan fingerprint density at radius 1 is 1.23 bits per heavy atom. The molecule has 4 rings (SSSR count). The van der Waals surface area contributed by atoms with Gasteiger partial charge in [-0.15, -0.1) is 0 Å². The molecule has 190 valence electrons. The molecule has 3 aromatic rings. The number of hydrogen-bond acceptors (Lipinski definition) is 8. The van der Waals surface area contributed by atoms with E-state index in [4.69, 9.17) is 26.2 Å². The monoisotopic (exact) mass is 506 g/mol. The average Bonchev–Trinajstić information content (AvgIpc) is 3.34. The standard InChI is InChI=1S/C15H10ClFN4O.C5H12.C4H8O2.CH2O/c1-18-9-5-10(16)14-12(6-9)19-7-20-15(14)21-11-3-2-8(17)4-13(11)22;1-3-5-4-2;5-4-1-2-6-3-4;1-2/h2-7,22H,1H2,(H,19,20,21);3-5H2,1-2H3;4-5H,1-3H2;1H2. The van der Waals surface area contributed by atoms with E-state index in [1.165, 1.54) is 37.7 Å². The quantitative estimate of drug-likeness (QED) is 0.287. The maximum absolute atomic E-state index is 13.0. The molecule has 0 amide bonds. The largest absolute Gasteiger partial charge is 0.506 e. The van der Waals surface area contributed by atoms with Gasteiger partial charge in [0.15, 0.2) is 0 Å². The summed E-state index contributed by atoms with van der Waals surface area (Å²) >= 11 is 6.25. The number of aliphatic hydroxyl groups is 1. The van der Waals surface area contributed by atoms with Crippen LogP contribution < -0.4 is 5.32 Å². The fourth-order valence-electron chi connectivity index (χ4n) is 2.93. The van der Waals surface area contributed by atoms with Gasteiger partial charge in [0.05, 0.1) is 40.0 Å². The van der Waals surface area contributed by atoms with E-state index in [9.17, 15) is 9.50 Å². The van der Waals surface area contributed by atoms with Gasteiger partial charge in [0.2, 0.25) is 0 Å². The first-order valence-corrected chi connectivity index (χ1v) is 11.5. The van der Waals surface area contributed by atoms with Gasteiger partial charge in [0.25, 0.3) is 0 Å². The number of nitrogens with zero attached hydrogens (tertiary/aromatic N) is 3. The van der Waals surface area contributed by atoms with Crippen molar-refractivity contribution >= 4 is 53.2 Å². The Morgan fingerprint density at radius 2 is 1.94 bits per heavy atom. The predicted molar refractivity (Wildman–Crippen MR) is 139 cm³/mol. The Bertz CT molecular complexity index is 1060. The number of benzene rings is 2. The number of carbonyl (C=O) groups is 1. The summed E-state index contributed by atoms with van der Waals surface area (Å²) in [6.45, 7) is 11.2. The van der Waals surface area contributed by atoms with E-state index >= 15 is 0 Å². The van der Waals surface area contributed by atoms with E-state index in [2.05, 4.69) is 40.8 Å². The van der Waals surface area contributed by atoms with Crippen molar-refractivity contribution in [2.75, 3.05) is 18.5 Å². The van der Waals surface area contributed by atoms with Gasteiger partial charge in [-0.2, -0.15) is 0 Å². The molecule has 8 nitrogen and oxygen atoms in total. The first-order chi connectivity index (χ1) is 16.9. The number of aliphatic imine (C=N–C) groups is 1. The zero-order chi connectivity index (χ0) is 26.2. The van der Waals surface area contributed by atoms with Crippen LogP contribution in [0.5, 0.6) is 5.75 Å². The fourth-order valence-corrected chi connectivity index (χ4v) is 3.23. The second-order valence-corrected chi connectivity index (χ2v) is 7.77. The van der Waals surface area contributed by atoms with Crippen molar-refractivity contribution in [1.29, 1.82) is 0 Å². The lowest BCUT2D eigenvalue weighted by atomic mass is 10.2. The number of aromatic hydroxyl groups is 1. The summed E-state index contributed by atoms with van der Waals surface area (Å²) in [4.78, 5) is 20.1. The van der Waals surface area contributed by atoms with Crippen LogP contribution in [0, 0.1) is 5.82 Å². The number of ether oxygens (including phenoxy) is 1. The Morgan fingerprint density at radius 3 is 2.43 bits per heavy atom. The van der Waals surface area contributed by atoms with E-state index in [0.717, 1.165) is 19.1 Å². The van der Waals surface area contributed by atoms with E-state index in [0.29, 0.717) is 39.7 Å². The molecule has 2 aromatic carbocycles. The van der Waals surface area contributed by atoms with E-state index in [1.54, 1.807) is 12.1 Å². The van der Waals surface area contributed by atoms with Gasteiger partial charge < -0.3 is 25.1 Å². The lowest BCUT2D eigenvalue weighted by Gasteiger charge is -2.11. The average molecular weight is 507 g/mol. The Hall–Kier alpha value is -3.14. The van der Waals surface area contributed by atoms with Gasteiger partial charge in [-0.25, -0.2) is 14.4 Å². The summed E-state index contributed by atoms with van der Waals surface area (Å²) < 4.78 is 17.8. The van der Waals surface area contributed by atoms with Crippen molar-refractivity contribution in [3.8, 4) is 5.75 Å². The number of aromatic nitrogens is 2. The number of carbonyl (C=O) groups excluding carboxylic acids is 1. The van der Waals surface area contributed by atoms with Gasteiger partial charge in [-0.3, -0.25) is 4.99 Å². The predicted octanol–water partition coefficient (Wildman–Crippen LogP) is 5.98. The van der Waals surface area contributed by atoms with E-state index < -0.39 is 5.82 Å². The number of unbranched alkanes of at least 4 members (excludes halogenated alkanes) is 2. The highest BCUT2D eigenvalue weighted by Gasteiger charge is 2.12. The molecule has 1 aliphatic heterocycles. The zero-order valence-corrected chi connectivity index (χ0v) is 20.8. The summed E-state index contributed by atoms with van der Waals surface area (Å²) in [6.07, 6.45) is 6.08. The molecule has 2 heterocycles. The van der Waals surface area contributed by atoms with Crippen LogP contribution in [0.1, 0.15) is 39.5 Å². The molecule has 1 aromatic heterocycles. The highest BCUT2D eigenvalue weighted by molar-refractivity contribution is 6.36. The molecule has 1 aliphatic rings. The number of halogens is 2. The number of phenols is 1. The maximum atomic E-state index is 13.0. The van der Waals surface area contributed by atoms with Crippen LogP contribution in [-0.4, -0.2) is 53.0 Å². The Labute approximate surface area is 209 Å². The summed E-state index contributed by atoms with van der Waals surface area (Å²) in [7, 11) is 0. The minimum absolute atomic E-state index is 0.176. The number of hydrogen-bond donors (Lipinski definition) is 3. The van der Waals surface area contributed by atoms with Crippen molar-refractivity contribution in [3.63, 3.8) is 0 Å². The van der Waals surface area contributed by atoms with Crippen LogP contribution >= 0.6 is 11.6 Å². The second kappa shape index (κ2) is 16.5. The molecule has 0 aliphatic carbocycles. The summed E-state index contributed by atoms with van der Waals surface area (Å²) in [5.74, 6) is -0.366. The van der Waals surface area contributed by atoms with Crippen molar-refractivity contribution in [3.05, 3.63) is 47.5 Å². The van der Waals surface area contributed by atoms with Gasteiger partial charge >= 0.3 is 0 Å². The smallest absolute Gasteiger partial charge is 0.143 e. The minimum Gasteiger partial charge on any atom is -0.506 e. The molecule has 0 radical (unpaired) electrons. The molecule has 35 heavy (non-hydrogen) atoms. The van der Waals surface area contributed by atoms with Crippen molar-refractivity contribution in [1.82, 2.24) is 9.97 Å². The first kappa shape index (κ1) is 29.9. The molecular formula is C25H32ClFN4O4. The number of nitrogens with one attached hydrogen (secondary N) is 1. The second-order valence-electron chi connectivity index (χ2n) is 7.36. The van der Waals surface area contributed by atoms with Crippen LogP contribution in [0.3, 0.4) is 0 Å². The van der Waals surface area contributed by atoms with Gasteiger partial charge in [0.1, 0.15) is 30.5 Å². The molecule has 1 fully saturated rings. The molecule has 1 atom stereocenters. The first-order valence-electron chi connectivity index (χ1n) is 11.1. The molecule has 1 saturated heterocycles. The molecule has 0 saturated carbocycles. The third-order valence-electron chi connectivity index (χ3n) is 4.68. The van der Waals surface area contributed by atoms with Crippen LogP contribution in [0.25, 0.3) is 10.9 Å². The van der Waals surface area contributed by atoms with Gasteiger partial charge in [-0.05, 0) is 37.4 Å². The van der Waals surface area contributed by atoms with Crippen molar-refractivity contribution < 1.29 is 24.1 Å². The normalized spacial score (nSPS) is 13.9.